The third-order valence-electron chi connectivity index (χ3n) is 5.95. The smallest absolute Gasteiger partial charge is 0.315 e. The number of rotatable bonds is 8. The number of nitro groups is 1. The first-order valence-corrected chi connectivity index (χ1v) is 12.1. The number of methoxy groups -OCH3 is 1. The van der Waals surface area contributed by atoms with Gasteiger partial charge in [0.25, 0.3) is 5.56 Å². The van der Waals surface area contributed by atoms with Crippen molar-refractivity contribution in [3.63, 3.8) is 0 Å². The molecule has 9 nitrogen and oxygen atoms in total. The molecule has 1 aliphatic rings. The minimum atomic E-state index is -0.549. The Kier molecular flexibility index (Phi) is 7.60. The fraction of sp³-hybridized carbons (Fsp3) is 0.320. The van der Waals surface area contributed by atoms with Crippen LogP contribution >= 0.6 is 15.9 Å². The van der Waals surface area contributed by atoms with Crippen LogP contribution in [0.3, 0.4) is 0 Å². The Morgan fingerprint density at radius 1 is 1.29 bits per heavy atom. The summed E-state index contributed by atoms with van der Waals surface area (Å²) in [5.74, 6) is 0.906. The van der Waals surface area contributed by atoms with Crippen LogP contribution in [0.2, 0.25) is 0 Å². The molecule has 3 aromatic rings. The van der Waals surface area contributed by atoms with Crippen molar-refractivity contribution in [1.29, 1.82) is 0 Å². The number of hydrogen-bond donors (Lipinski definition) is 0. The molecule has 0 N–H and O–H groups in total. The number of aromatic nitrogens is 2. The van der Waals surface area contributed by atoms with E-state index in [1.54, 1.807) is 12.1 Å². The lowest BCUT2D eigenvalue weighted by Gasteiger charge is -2.22. The zero-order valence-electron chi connectivity index (χ0n) is 19.3. The van der Waals surface area contributed by atoms with Gasteiger partial charge in [-0.25, -0.2) is 4.98 Å². The molecule has 1 fully saturated rings. The molecule has 0 saturated heterocycles. The van der Waals surface area contributed by atoms with Gasteiger partial charge < -0.3 is 9.47 Å². The Balaban J connectivity index is 1.84. The molecule has 1 aliphatic carbocycles. The summed E-state index contributed by atoms with van der Waals surface area (Å²) < 4.78 is 12.9. The average Bonchev–Trinajstić information content (AvgIpc) is 2.87. The minimum Gasteiger partial charge on any atom is -0.493 e. The lowest BCUT2D eigenvalue weighted by atomic mass is 9.88. The maximum Gasteiger partial charge on any atom is 0.315 e. The molecule has 4 rings (SSSR count). The molecule has 0 unspecified atom stereocenters. The Morgan fingerprint density at radius 3 is 2.74 bits per heavy atom. The predicted octanol–water partition coefficient (Wildman–Crippen LogP) is 5.57. The highest BCUT2D eigenvalue weighted by molar-refractivity contribution is 9.10. The van der Waals surface area contributed by atoms with E-state index in [1.807, 2.05) is 12.1 Å². The summed E-state index contributed by atoms with van der Waals surface area (Å²) in [7, 11) is 1.40. The van der Waals surface area contributed by atoms with Crippen LogP contribution < -0.4 is 15.0 Å². The fourth-order valence-electron chi connectivity index (χ4n) is 4.28. The molecule has 35 heavy (non-hydrogen) atoms. The van der Waals surface area contributed by atoms with Gasteiger partial charge >= 0.3 is 5.69 Å². The highest BCUT2D eigenvalue weighted by Gasteiger charge is 2.24. The van der Waals surface area contributed by atoms with Gasteiger partial charge in [0.2, 0.25) is 5.75 Å². The Hall–Kier alpha value is -3.53. The van der Waals surface area contributed by atoms with Gasteiger partial charge in [0, 0.05) is 22.0 Å². The zero-order valence-corrected chi connectivity index (χ0v) is 20.9. The van der Waals surface area contributed by atoms with Crippen molar-refractivity contribution in [1.82, 2.24) is 9.66 Å². The van der Waals surface area contributed by atoms with Crippen LogP contribution in [0, 0.1) is 10.1 Å². The van der Waals surface area contributed by atoms with Crippen molar-refractivity contribution in [3.05, 3.63) is 79.3 Å². The van der Waals surface area contributed by atoms with Crippen LogP contribution in [0.25, 0.3) is 10.9 Å². The first-order valence-electron chi connectivity index (χ1n) is 11.3. The SMILES string of the molecule is C=CCOc1c(OC)cc(C=Nn2c(C3CCCCC3)nc3ccc(Br)cc3c2=O)cc1[N+](=O)[O-]. The number of ether oxygens (including phenoxy) is 2. The first kappa shape index (κ1) is 24.6. The van der Waals surface area contributed by atoms with Crippen molar-refractivity contribution < 1.29 is 14.4 Å². The second kappa shape index (κ2) is 10.8. The minimum absolute atomic E-state index is 0.00633. The zero-order chi connectivity index (χ0) is 24.9. The van der Waals surface area contributed by atoms with E-state index in [2.05, 4.69) is 27.6 Å². The summed E-state index contributed by atoms with van der Waals surface area (Å²) in [6.07, 6.45) is 8.05. The molecule has 0 atom stereocenters. The van der Waals surface area contributed by atoms with Gasteiger partial charge in [-0.1, -0.05) is 47.8 Å². The van der Waals surface area contributed by atoms with E-state index in [1.165, 1.54) is 30.1 Å². The van der Waals surface area contributed by atoms with Gasteiger partial charge in [-0.15, -0.1) is 0 Å². The number of fused-ring (bicyclic) bond motifs is 1. The molecule has 0 bridgehead atoms. The third-order valence-corrected chi connectivity index (χ3v) is 6.44. The van der Waals surface area contributed by atoms with Gasteiger partial charge in [-0.2, -0.15) is 9.78 Å². The van der Waals surface area contributed by atoms with E-state index in [-0.39, 0.29) is 35.3 Å². The topological polar surface area (TPSA) is 109 Å². The third kappa shape index (κ3) is 5.27. The molecule has 0 radical (unpaired) electrons. The number of nitro benzene ring substituents is 1. The average molecular weight is 541 g/mol. The Labute approximate surface area is 210 Å². The molecule has 0 aliphatic heterocycles. The maximum atomic E-state index is 13.5. The molecule has 2 aromatic carbocycles. The normalized spacial score (nSPS) is 14.3. The molecule has 1 saturated carbocycles. The standard InChI is InChI=1S/C25H25BrN4O5/c1-3-11-35-23-21(30(32)33)12-16(13-22(23)34-2)15-27-29-24(17-7-5-4-6-8-17)28-20-10-9-18(26)14-19(20)25(29)31/h3,9-10,12-15,17H,1,4-8,11H2,2H3. The van der Waals surface area contributed by atoms with E-state index in [9.17, 15) is 14.9 Å². The van der Waals surface area contributed by atoms with E-state index >= 15 is 0 Å². The van der Waals surface area contributed by atoms with E-state index in [0.717, 1.165) is 36.6 Å². The number of nitrogens with zero attached hydrogens (tertiary/aromatic N) is 4. The Bertz CT molecular complexity index is 1360. The fourth-order valence-corrected chi connectivity index (χ4v) is 4.65. The van der Waals surface area contributed by atoms with Gasteiger partial charge in [0.05, 0.1) is 29.2 Å². The van der Waals surface area contributed by atoms with Crippen LogP contribution in [0.4, 0.5) is 5.69 Å². The van der Waals surface area contributed by atoms with Crippen LogP contribution in [0.1, 0.15) is 49.4 Å². The summed E-state index contributed by atoms with van der Waals surface area (Å²) in [6, 6.07) is 8.30. The number of hydrogen-bond acceptors (Lipinski definition) is 7. The Morgan fingerprint density at radius 2 is 2.06 bits per heavy atom. The molecule has 1 heterocycles. The summed E-state index contributed by atoms with van der Waals surface area (Å²) in [5, 5.41) is 16.6. The molecular formula is C25H25BrN4O5. The summed E-state index contributed by atoms with van der Waals surface area (Å²) in [5.41, 5.74) is 0.440. The lowest BCUT2D eigenvalue weighted by molar-refractivity contribution is -0.385. The van der Waals surface area contributed by atoms with Crippen LogP contribution in [-0.2, 0) is 0 Å². The number of halogens is 1. The van der Waals surface area contributed by atoms with Crippen LogP contribution in [0.5, 0.6) is 11.5 Å². The van der Waals surface area contributed by atoms with Gasteiger partial charge in [-0.05, 0) is 37.1 Å². The van der Waals surface area contributed by atoms with E-state index in [0.29, 0.717) is 22.3 Å². The quantitative estimate of drug-likeness (QED) is 0.160. The summed E-state index contributed by atoms with van der Waals surface area (Å²) >= 11 is 3.41. The van der Waals surface area contributed by atoms with Gasteiger partial charge in [0.15, 0.2) is 5.75 Å². The van der Waals surface area contributed by atoms with Crippen molar-refractivity contribution in [2.75, 3.05) is 13.7 Å². The second-order valence-corrected chi connectivity index (χ2v) is 9.17. The van der Waals surface area contributed by atoms with Crippen molar-refractivity contribution >= 4 is 38.7 Å². The number of benzene rings is 2. The summed E-state index contributed by atoms with van der Waals surface area (Å²) in [6.45, 7) is 3.66. The highest BCUT2D eigenvalue weighted by Crippen LogP contribution is 2.38. The predicted molar refractivity (Wildman–Crippen MR) is 138 cm³/mol. The molecule has 0 amide bonds. The largest absolute Gasteiger partial charge is 0.493 e. The van der Waals surface area contributed by atoms with Crippen LogP contribution in [0.15, 0.2) is 57.4 Å². The van der Waals surface area contributed by atoms with Crippen molar-refractivity contribution in [3.8, 4) is 11.5 Å². The van der Waals surface area contributed by atoms with Crippen LogP contribution in [-0.4, -0.2) is 34.5 Å². The second-order valence-electron chi connectivity index (χ2n) is 8.26. The maximum absolute atomic E-state index is 13.5. The molecule has 182 valence electrons. The van der Waals surface area contributed by atoms with Gasteiger partial charge in [-0.3, -0.25) is 14.9 Å². The molecule has 0 spiro atoms. The van der Waals surface area contributed by atoms with Gasteiger partial charge in [0.1, 0.15) is 12.4 Å². The molecule has 10 heteroatoms. The van der Waals surface area contributed by atoms with E-state index < -0.39 is 4.92 Å². The lowest BCUT2D eigenvalue weighted by Crippen LogP contribution is -2.25. The van der Waals surface area contributed by atoms with E-state index in [4.69, 9.17) is 14.5 Å². The molecule has 1 aromatic heterocycles. The van der Waals surface area contributed by atoms with Crippen molar-refractivity contribution in [2.45, 2.75) is 38.0 Å². The highest BCUT2D eigenvalue weighted by atomic mass is 79.9. The summed E-state index contributed by atoms with van der Waals surface area (Å²) in [4.78, 5) is 29.4. The monoisotopic (exact) mass is 540 g/mol. The first-order chi connectivity index (χ1) is 16.9. The van der Waals surface area contributed by atoms with Crippen molar-refractivity contribution in [2.24, 2.45) is 5.10 Å². The molecular weight excluding hydrogens is 516 g/mol.